The van der Waals surface area contributed by atoms with Crippen molar-refractivity contribution in [1.29, 1.82) is 0 Å². The molecule has 0 saturated carbocycles. The molecule has 17 heavy (non-hydrogen) atoms. The van der Waals surface area contributed by atoms with Gasteiger partial charge in [0.25, 0.3) is 0 Å². The minimum Gasteiger partial charge on any atom is -0.326 e. The van der Waals surface area contributed by atoms with E-state index < -0.39 is 10.0 Å². The first-order valence-corrected chi connectivity index (χ1v) is 7.23. The van der Waals surface area contributed by atoms with Crippen LogP contribution in [0.2, 0.25) is 0 Å². The van der Waals surface area contributed by atoms with Crippen LogP contribution in [-0.4, -0.2) is 21.2 Å². The summed E-state index contributed by atoms with van der Waals surface area (Å²) < 4.78 is 25.4. The topological polar surface area (TPSA) is 63.4 Å². The zero-order valence-electron chi connectivity index (χ0n) is 10.6. The van der Waals surface area contributed by atoms with E-state index in [0.29, 0.717) is 12.2 Å². The van der Waals surface area contributed by atoms with Gasteiger partial charge in [-0.25, -0.2) is 8.42 Å². The van der Waals surface area contributed by atoms with Crippen molar-refractivity contribution in [2.75, 3.05) is 17.1 Å². The maximum Gasteiger partial charge on any atom is 0.235 e. The van der Waals surface area contributed by atoms with Crippen LogP contribution in [0, 0.1) is 5.92 Å². The third-order valence-corrected chi connectivity index (χ3v) is 4.60. The summed E-state index contributed by atoms with van der Waals surface area (Å²) in [5, 5.41) is 0. The van der Waals surface area contributed by atoms with Gasteiger partial charge in [0, 0.05) is 13.6 Å². The SMILES string of the molecule is CC(C)CS(=O)(=O)N(C)c1cccc(CN)c1. The number of nitrogens with zero attached hydrogens (tertiary/aromatic N) is 1. The average Bonchev–Trinajstić information content (AvgIpc) is 2.26. The summed E-state index contributed by atoms with van der Waals surface area (Å²) in [6.45, 7) is 4.19. The lowest BCUT2D eigenvalue weighted by molar-refractivity contribution is 0.580. The molecule has 0 spiro atoms. The molecular formula is C12H20N2O2S. The third kappa shape index (κ3) is 3.71. The predicted octanol–water partition coefficient (Wildman–Crippen LogP) is 1.57. The fourth-order valence-corrected chi connectivity index (χ4v) is 3.07. The van der Waals surface area contributed by atoms with Crippen molar-refractivity contribution in [3.8, 4) is 0 Å². The van der Waals surface area contributed by atoms with Gasteiger partial charge in [-0.15, -0.1) is 0 Å². The minimum atomic E-state index is -3.25. The molecule has 0 amide bonds. The Kier molecular flexibility index (Phi) is 4.54. The van der Waals surface area contributed by atoms with E-state index >= 15 is 0 Å². The molecule has 0 heterocycles. The van der Waals surface area contributed by atoms with Crippen LogP contribution < -0.4 is 10.0 Å². The number of rotatable bonds is 5. The van der Waals surface area contributed by atoms with Crippen molar-refractivity contribution in [2.45, 2.75) is 20.4 Å². The normalized spacial score (nSPS) is 11.8. The highest BCUT2D eigenvalue weighted by Gasteiger charge is 2.19. The third-order valence-electron chi connectivity index (χ3n) is 2.47. The van der Waals surface area contributed by atoms with Crippen LogP contribution in [0.15, 0.2) is 24.3 Å². The first kappa shape index (κ1) is 14.0. The summed E-state index contributed by atoms with van der Waals surface area (Å²) in [6, 6.07) is 7.28. The zero-order valence-corrected chi connectivity index (χ0v) is 11.4. The molecule has 96 valence electrons. The number of sulfonamides is 1. The van der Waals surface area contributed by atoms with E-state index in [9.17, 15) is 8.42 Å². The summed E-state index contributed by atoms with van der Waals surface area (Å²) in [4.78, 5) is 0. The average molecular weight is 256 g/mol. The highest BCUT2D eigenvalue weighted by Crippen LogP contribution is 2.19. The standard InChI is InChI=1S/C12H20N2O2S/c1-10(2)9-17(15,16)14(3)12-6-4-5-11(7-12)8-13/h4-7,10H,8-9,13H2,1-3H3. The van der Waals surface area contributed by atoms with Crippen molar-refractivity contribution in [3.05, 3.63) is 29.8 Å². The molecule has 0 aliphatic carbocycles. The van der Waals surface area contributed by atoms with Crippen molar-refractivity contribution in [3.63, 3.8) is 0 Å². The van der Waals surface area contributed by atoms with E-state index in [-0.39, 0.29) is 11.7 Å². The van der Waals surface area contributed by atoms with Crippen molar-refractivity contribution < 1.29 is 8.42 Å². The summed E-state index contributed by atoms with van der Waals surface area (Å²) in [5.74, 6) is 0.260. The number of hydrogen-bond acceptors (Lipinski definition) is 3. The van der Waals surface area contributed by atoms with Crippen LogP contribution in [0.5, 0.6) is 0 Å². The first-order valence-electron chi connectivity index (χ1n) is 5.62. The monoisotopic (exact) mass is 256 g/mol. The van der Waals surface area contributed by atoms with E-state index in [1.165, 1.54) is 4.31 Å². The molecular weight excluding hydrogens is 236 g/mol. The van der Waals surface area contributed by atoms with Crippen LogP contribution in [0.3, 0.4) is 0 Å². The molecule has 0 fully saturated rings. The smallest absolute Gasteiger partial charge is 0.235 e. The van der Waals surface area contributed by atoms with Gasteiger partial charge in [-0.05, 0) is 23.6 Å². The molecule has 1 rings (SSSR count). The molecule has 0 unspecified atom stereocenters. The van der Waals surface area contributed by atoms with Crippen molar-refractivity contribution >= 4 is 15.7 Å². The van der Waals surface area contributed by atoms with Gasteiger partial charge >= 0.3 is 0 Å². The van der Waals surface area contributed by atoms with E-state index in [1.54, 1.807) is 19.2 Å². The Bertz CT molecular complexity index is 469. The van der Waals surface area contributed by atoms with Crippen LogP contribution in [0.25, 0.3) is 0 Å². The van der Waals surface area contributed by atoms with Gasteiger partial charge in [0.05, 0.1) is 11.4 Å². The lowest BCUT2D eigenvalue weighted by Gasteiger charge is -2.21. The molecule has 0 radical (unpaired) electrons. The summed E-state index contributed by atoms with van der Waals surface area (Å²) in [5.41, 5.74) is 7.13. The molecule has 0 saturated heterocycles. The van der Waals surface area contributed by atoms with Crippen LogP contribution >= 0.6 is 0 Å². The molecule has 1 aromatic rings. The Hall–Kier alpha value is -1.07. The minimum absolute atomic E-state index is 0.111. The molecule has 1 aromatic carbocycles. The molecule has 0 aliphatic rings. The maximum atomic E-state index is 12.0. The van der Waals surface area contributed by atoms with Gasteiger partial charge in [0.1, 0.15) is 0 Å². The van der Waals surface area contributed by atoms with Crippen LogP contribution in [-0.2, 0) is 16.6 Å². The maximum absolute atomic E-state index is 12.0. The Labute approximate surface area is 103 Å². The van der Waals surface area contributed by atoms with E-state index in [0.717, 1.165) is 5.56 Å². The molecule has 0 atom stereocenters. The fraction of sp³-hybridized carbons (Fsp3) is 0.500. The number of nitrogens with two attached hydrogens (primary N) is 1. The Morgan fingerprint density at radius 2 is 2.00 bits per heavy atom. The van der Waals surface area contributed by atoms with Gasteiger partial charge in [-0.3, -0.25) is 4.31 Å². The second-order valence-corrected chi connectivity index (χ2v) is 6.56. The zero-order chi connectivity index (χ0) is 13.1. The highest BCUT2D eigenvalue weighted by molar-refractivity contribution is 7.92. The summed E-state index contributed by atoms with van der Waals surface area (Å²) in [6.07, 6.45) is 0. The van der Waals surface area contributed by atoms with Gasteiger partial charge < -0.3 is 5.73 Å². The summed E-state index contributed by atoms with van der Waals surface area (Å²) >= 11 is 0. The Morgan fingerprint density at radius 1 is 1.35 bits per heavy atom. The largest absolute Gasteiger partial charge is 0.326 e. The molecule has 0 bridgehead atoms. The van der Waals surface area contributed by atoms with Gasteiger partial charge in [0.2, 0.25) is 10.0 Å². The second kappa shape index (κ2) is 5.51. The summed E-state index contributed by atoms with van der Waals surface area (Å²) in [7, 11) is -1.67. The fourth-order valence-electron chi connectivity index (χ4n) is 1.57. The Morgan fingerprint density at radius 3 is 2.53 bits per heavy atom. The van der Waals surface area contributed by atoms with E-state index in [2.05, 4.69) is 0 Å². The van der Waals surface area contributed by atoms with Crippen molar-refractivity contribution in [2.24, 2.45) is 11.7 Å². The molecule has 4 nitrogen and oxygen atoms in total. The molecule has 5 heteroatoms. The second-order valence-electron chi connectivity index (χ2n) is 4.51. The highest BCUT2D eigenvalue weighted by atomic mass is 32.2. The van der Waals surface area contributed by atoms with Gasteiger partial charge in [-0.1, -0.05) is 26.0 Å². The number of benzene rings is 1. The lowest BCUT2D eigenvalue weighted by Crippen LogP contribution is -2.30. The lowest BCUT2D eigenvalue weighted by atomic mass is 10.2. The van der Waals surface area contributed by atoms with E-state index in [4.69, 9.17) is 5.73 Å². The van der Waals surface area contributed by atoms with Crippen molar-refractivity contribution in [1.82, 2.24) is 0 Å². The van der Waals surface area contributed by atoms with E-state index in [1.807, 2.05) is 26.0 Å². The number of hydrogen-bond donors (Lipinski definition) is 1. The number of anilines is 1. The molecule has 2 N–H and O–H groups in total. The molecule has 0 aromatic heterocycles. The van der Waals surface area contributed by atoms with Crippen LogP contribution in [0.1, 0.15) is 19.4 Å². The predicted molar refractivity (Wildman–Crippen MR) is 71.4 cm³/mol. The van der Waals surface area contributed by atoms with Gasteiger partial charge in [0.15, 0.2) is 0 Å². The molecule has 0 aliphatic heterocycles. The Balaban J connectivity index is 2.99. The first-order chi connectivity index (χ1) is 7.86. The quantitative estimate of drug-likeness (QED) is 0.869. The van der Waals surface area contributed by atoms with Crippen LogP contribution in [0.4, 0.5) is 5.69 Å². The van der Waals surface area contributed by atoms with Gasteiger partial charge in [-0.2, -0.15) is 0 Å².